The third kappa shape index (κ3) is 5.26. The van der Waals surface area contributed by atoms with Crippen LogP contribution in [0.1, 0.15) is 10.4 Å². The van der Waals surface area contributed by atoms with Crippen LogP contribution < -0.4 is 19.5 Å². The molecular formula is C22H16Cl3N3O5S2. The molecule has 0 bridgehead atoms. The molecule has 4 aromatic rings. The van der Waals surface area contributed by atoms with Crippen molar-refractivity contribution in [3.63, 3.8) is 0 Å². The van der Waals surface area contributed by atoms with Gasteiger partial charge in [0.25, 0.3) is 15.9 Å². The number of nitrogens with one attached hydrogen (secondary N) is 2. The molecule has 0 spiro atoms. The van der Waals surface area contributed by atoms with E-state index in [2.05, 4.69) is 15.0 Å². The monoisotopic (exact) mass is 571 g/mol. The van der Waals surface area contributed by atoms with Gasteiger partial charge in [0, 0.05) is 6.07 Å². The van der Waals surface area contributed by atoms with Crippen molar-refractivity contribution in [1.29, 1.82) is 0 Å². The van der Waals surface area contributed by atoms with Crippen LogP contribution in [0.4, 0.5) is 10.8 Å². The zero-order chi connectivity index (χ0) is 25.3. The number of sulfonamides is 1. The Balaban J connectivity index is 1.67. The van der Waals surface area contributed by atoms with Crippen LogP contribution >= 0.6 is 46.1 Å². The lowest BCUT2D eigenvalue weighted by Crippen LogP contribution is -2.17. The lowest BCUT2D eigenvalue weighted by molar-refractivity contribution is 0.102. The summed E-state index contributed by atoms with van der Waals surface area (Å²) in [5, 5.41) is 2.93. The molecule has 1 aromatic heterocycles. The van der Waals surface area contributed by atoms with Gasteiger partial charge in [-0.05, 0) is 30.3 Å². The maximum absolute atomic E-state index is 13.2. The van der Waals surface area contributed by atoms with Crippen LogP contribution in [0, 0.1) is 0 Å². The largest absolute Gasteiger partial charge is 0.495 e. The summed E-state index contributed by atoms with van der Waals surface area (Å²) in [6.07, 6.45) is 0. The predicted octanol–water partition coefficient (Wildman–Crippen LogP) is 6.33. The molecule has 0 aliphatic carbocycles. The number of rotatable bonds is 7. The van der Waals surface area contributed by atoms with Crippen molar-refractivity contribution in [2.24, 2.45) is 0 Å². The van der Waals surface area contributed by atoms with Gasteiger partial charge in [0.2, 0.25) is 0 Å². The summed E-state index contributed by atoms with van der Waals surface area (Å²) >= 11 is 19.8. The number of carbonyl (C=O) groups is 1. The fraction of sp³-hybridized carbons (Fsp3) is 0.0909. The van der Waals surface area contributed by atoms with Gasteiger partial charge >= 0.3 is 0 Å². The molecule has 0 aliphatic heterocycles. The summed E-state index contributed by atoms with van der Waals surface area (Å²) in [6.45, 7) is 0. The second kappa shape index (κ2) is 10.1. The number of aromatic nitrogens is 1. The van der Waals surface area contributed by atoms with E-state index in [0.29, 0.717) is 10.9 Å². The maximum atomic E-state index is 13.2. The summed E-state index contributed by atoms with van der Waals surface area (Å²) in [5.41, 5.74) is 0.662. The van der Waals surface area contributed by atoms with Crippen molar-refractivity contribution in [3.05, 3.63) is 69.2 Å². The highest BCUT2D eigenvalue weighted by Crippen LogP contribution is 2.38. The quantitative estimate of drug-likeness (QED) is 0.268. The lowest BCUT2D eigenvalue weighted by atomic mass is 10.2. The van der Waals surface area contributed by atoms with Crippen molar-refractivity contribution in [2.75, 3.05) is 24.3 Å². The normalized spacial score (nSPS) is 11.3. The number of hydrogen-bond donors (Lipinski definition) is 2. The molecule has 1 amide bonds. The number of nitrogens with zero attached hydrogens (tertiary/aromatic N) is 1. The molecule has 182 valence electrons. The van der Waals surface area contributed by atoms with Gasteiger partial charge in [-0.15, -0.1) is 0 Å². The van der Waals surface area contributed by atoms with Gasteiger partial charge in [-0.2, -0.15) is 0 Å². The number of fused-ring (bicyclic) bond motifs is 1. The van der Waals surface area contributed by atoms with E-state index in [1.165, 1.54) is 43.8 Å². The van der Waals surface area contributed by atoms with E-state index in [4.69, 9.17) is 44.3 Å². The van der Waals surface area contributed by atoms with E-state index in [-0.39, 0.29) is 37.0 Å². The van der Waals surface area contributed by atoms with E-state index < -0.39 is 15.9 Å². The van der Waals surface area contributed by atoms with Crippen LogP contribution in [0.25, 0.3) is 10.2 Å². The van der Waals surface area contributed by atoms with Crippen LogP contribution in [0.5, 0.6) is 11.5 Å². The van der Waals surface area contributed by atoms with Crippen molar-refractivity contribution >= 4 is 83.1 Å². The van der Waals surface area contributed by atoms with Crippen LogP contribution in [0.15, 0.2) is 53.4 Å². The number of benzene rings is 3. The zero-order valence-corrected chi connectivity index (χ0v) is 22.0. The van der Waals surface area contributed by atoms with Gasteiger partial charge in [-0.1, -0.05) is 58.3 Å². The Kier molecular flexibility index (Phi) is 7.30. The van der Waals surface area contributed by atoms with E-state index in [1.807, 2.05) is 24.3 Å². The van der Waals surface area contributed by atoms with Crippen molar-refractivity contribution in [2.45, 2.75) is 4.90 Å². The second-order valence-corrected chi connectivity index (χ2v) is 10.9. The summed E-state index contributed by atoms with van der Waals surface area (Å²) in [5.74, 6) is -0.189. The minimum Gasteiger partial charge on any atom is -0.495 e. The van der Waals surface area contributed by atoms with E-state index >= 15 is 0 Å². The van der Waals surface area contributed by atoms with Crippen LogP contribution in [-0.2, 0) is 10.0 Å². The molecule has 35 heavy (non-hydrogen) atoms. The smallest absolute Gasteiger partial charge is 0.263 e. The third-order valence-corrected chi connectivity index (χ3v) is 8.18. The number of para-hydroxylation sites is 1. The Morgan fingerprint density at radius 2 is 1.66 bits per heavy atom. The number of hydrogen-bond acceptors (Lipinski definition) is 7. The Hall–Kier alpha value is -2.76. The highest BCUT2D eigenvalue weighted by Gasteiger charge is 2.25. The molecule has 0 unspecified atom stereocenters. The number of ether oxygens (including phenoxy) is 2. The van der Waals surface area contributed by atoms with Crippen molar-refractivity contribution in [3.8, 4) is 11.5 Å². The molecule has 1 heterocycles. The molecule has 4 rings (SSSR count). The first-order valence-corrected chi connectivity index (χ1v) is 13.2. The first kappa shape index (κ1) is 25.3. The zero-order valence-electron chi connectivity index (χ0n) is 18.1. The summed E-state index contributed by atoms with van der Waals surface area (Å²) in [4.78, 5) is 16.9. The maximum Gasteiger partial charge on any atom is 0.263 e. The summed E-state index contributed by atoms with van der Waals surface area (Å²) < 4.78 is 40.0. The van der Waals surface area contributed by atoms with Gasteiger partial charge < -0.3 is 9.47 Å². The molecule has 0 atom stereocenters. The fourth-order valence-electron chi connectivity index (χ4n) is 3.14. The molecule has 3 aromatic carbocycles. The number of methoxy groups -OCH3 is 2. The highest BCUT2D eigenvalue weighted by molar-refractivity contribution is 7.92. The van der Waals surface area contributed by atoms with Gasteiger partial charge in [0.15, 0.2) is 5.13 Å². The van der Waals surface area contributed by atoms with Crippen LogP contribution in [0.3, 0.4) is 0 Å². The van der Waals surface area contributed by atoms with Crippen molar-refractivity contribution < 1.29 is 22.7 Å². The standard InChI is InChI=1S/C22H16Cl3N3O5S2/c1-32-17-10-18(33-2)16(9-13(17)24)28-35(30,31)20-7-11(12(23)8-14(20)25)21(29)27-22-26-15-5-3-4-6-19(15)34-22/h3-10,28H,1-2H3,(H,26,27,29). The number of anilines is 2. The average molecular weight is 573 g/mol. The van der Waals surface area contributed by atoms with E-state index in [9.17, 15) is 13.2 Å². The van der Waals surface area contributed by atoms with E-state index in [0.717, 1.165) is 16.3 Å². The minimum absolute atomic E-state index is 0.0300. The van der Waals surface area contributed by atoms with Crippen LogP contribution in [-0.4, -0.2) is 33.5 Å². The second-order valence-electron chi connectivity index (χ2n) is 7.00. The predicted molar refractivity (Wildman–Crippen MR) is 139 cm³/mol. The third-order valence-electron chi connectivity index (χ3n) is 4.79. The van der Waals surface area contributed by atoms with Crippen molar-refractivity contribution in [1.82, 2.24) is 4.98 Å². The number of halogens is 3. The fourth-order valence-corrected chi connectivity index (χ4v) is 6.16. The Morgan fingerprint density at radius 3 is 2.34 bits per heavy atom. The highest BCUT2D eigenvalue weighted by atomic mass is 35.5. The van der Waals surface area contributed by atoms with Gasteiger partial charge in [0.1, 0.15) is 16.4 Å². The lowest BCUT2D eigenvalue weighted by Gasteiger charge is -2.15. The minimum atomic E-state index is -4.29. The Labute approximate surface area is 219 Å². The first-order chi connectivity index (χ1) is 16.6. The molecule has 0 aliphatic rings. The molecule has 13 heteroatoms. The van der Waals surface area contributed by atoms with E-state index in [1.54, 1.807) is 0 Å². The SMILES string of the molecule is COc1cc(OC)c(NS(=O)(=O)c2cc(C(=O)Nc3nc4ccccc4s3)c(Cl)cc2Cl)cc1Cl. The molecule has 0 fully saturated rings. The van der Waals surface area contributed by atoms with Gasteiger partial charge in [0.05, 0.1) is 50.8 Å². The number of thiazole rings is 1. The Morgan fingerprint density at radius 1 is 0.943 bits per heavy atom. The number of carbonyl (C=O) groups excluding carboxylic acids is 1. The number of amides is 1. The molecule has 2 N–H and O–H groups in total. The van der Waals surface area contributed by atoms with Crippen LogP contribution in [0.2, 0.25) is 15.1 Å². The van der Waals surface area contributed by atoms with Gasteiger partial charge in [-0.3, -0.25) is 14.8 Å². The average Bonchev–Trinajstić information content (AvgIpc) is 3.21. The summed E-state index contributed by atoms with van der Waals surface area (Å²) in [6, 6.07) is 12.4. The summed E-state index contributed by atoms with van der Waals surface area (Å²) in [7, 11) is -1.52. The van der Waals surface area contributed by atoms with Gasteiger partial charge in [-0.25, -0.2) is 13.4 Å². The molecular weight excluding hydrogens is 557 g/mol. The Bertz CT molecular complexity index is 1520. The molecule has 0 radical (unpaired) electrons. The topological polar surface area (TPSA) is 107 Å². The molecule has 0 saturated carbocycles. The first-order valence-electron chi connectivity index (χ1n) is 9.73. The molecule has 0 saturated heterocycles. The molecule has 8 nitrogen and oxygen atoms in total.